The molecule has 0 unspecified atom stereocenters. The van der Waals surface area contributed by atoms with Gasteiger partial charge in [-0.3, -0.25) is 9.80 Å². The van der Waals surface area contributed by atoms with Crippen LogP contribution < -0.4 is 10.3 Å². The number of nitrogens with zero attached hydrogens (tertiary/aromatic N) is 2. The minimum absolute atomic E-state index is 0.187. The van der Waals surface area contributed by atoms with Crippen LogP contribution in [0.1, 0.15) is 27.2 Å². The summed E-state index contributed by atoms with van der Waals surface area (Å²) in [6, 6.07) is 3.64. The second-order valence-electron chi connectivity index (χ2n) is 3.67. The van der Waals surface area contributed by atoms with Gasteiger partial charge < -0.3 is 5.32 Å². The predicted octanol–water partition coefficient (Wildman–Crippen LogP) is 2.65. The summed E-state index contributed by atoms with van der Waals surface area (Å²) in [4.78, 5) is 10.8. The molecular formula is C13H17F2N3O. The molecule has 0 atom stereocenters. The van der Waals surface area contributed by atoms with Crippen LogP contribution in [0.5, 0.6) is 0 Å². The van der Waals surface area contributed by atoms with Crippen molar-refractivity contribution in [2.45, 2.75) is 27.2 Å². The Balaban J connectivity index is 0.000000861. The number of rotatable bonds is 1. The van der Waals surface area contributed by atoms with Crippen LogP contribution in [0, 0.1) is 11.6 Å². The Morgan fingerprint density at radius 1 is 1.32 bits per heavy atom. The van der Waals surface area contributed by atoms with Gasteiger partial charge in [-0.1, -0.05) is 19.9 Å². The van der Waals surface area contributed by atoms with E-state index in [1.807, 2.05) is 13.8 Å². The van der Waals surface area contributed by atoms with Crippen molar-refractivity contribution in [1.29, 1.82) is 0 Å². The van der Waals surface area contributed by atoms with Gasteiger partial charge >= 0.3 is 0 Å². The van der Waals surface area contributed by atoms with Crippen LogP contribution in [0.3, 0.4) is 0 Å². The Kier molecular flexibility index (Phi) is 5.41. The maximum absolute atomic E-state index is 13.5. The number of hydrogen-bond acceptors (Lipinski definition) is 3. The molecule has 0 aromatic heterocycles. The van der Waals surface area contributed by atoms with E-state index in [2.05, 4.69) is 10.4 Å². The average molecular weight is 269 g/mol. The number of hydrazone groups is 1. The summed E-state index contributed by atoms with van der Waals surface area (Å²) in [5.74, 6) is -1.17. The molecule has 0 aliphatic carbocycles. The first kappa shape index (κ1) is 15.1. The first-order chi connectivity index (χ1) is 9.08. The largest absolute Gasteiger partial charge is 0.313 e. The van der Waals surface area contributed by atoms with Gasteiger partial charge in [0.05, 0.1) is 0 Å². The third kappa shape index (κ3) is 3.74. The number of amidine groups is 1. The van der Waals surface area contributed by atoms with E-state index in [1.165, 1.54) is 30.1 Å². The fraction of sp³-hybridized carbons (Fsp3) is 0.385. The van der Waals surface area contributed by atoms with Gasteiger partial charge in [-0.05, 0) is 12.1 Å². The highest BCUT2D eigenvalue weighted by molar-refractivity contribution is 5.98. The molecule has 4 nitrogen and oxygen atoms in total. The van der Waals surface area contributed by atoms with Crippen molar-refractivity contribution < 1.29 is 13.6 Å². The van der Waals surface area contributed by atoms with Crippen molar-refractivity contribution in [3.8, 4) is 0 Å². The van der Waals surface area contributed by atoms with Gasteiger partial charge in [0, 0.05) is 19.9 Å². The standard InChI is InChI=1S/C11H11F2N3O.C2H6/c1-7(17)14-10-5-6-16(15-10)11-8(12)3-2-4-9(11)13;1-2/h2-4H,5-6H2,1H3,(H,14,15,17);1-2H3. The van der Waals surface area contributed by atoms with E-state index >= 15 is 0 Å². The highest BCUT2D eigenvalue weighted by atomic mass is 19.1. The van der Waals surface area contributed by atoms with Crippen molar-refractivity contribution in [2.75, 3.05) is 11.6 Å². The topological polar surface area (TPSA) is 44.7 Å². The van der Waals surface area contributed by atoms with E-state index in [0.29, 0.717) is 18.8 Å². The first-order valence-electron chi connectivity index (χ1n) is 6.14. The molecule has 1 aliphatic heterocycles. The molecule has 0 saturated heterocycles. The SMILES string of the molecule is CC.CC(=O)NC1=NN(c2c(F)cccc2F)CC1. The Labute approximate surface area is 111 Å². The Morgan fingerprint density at radius 3 is 2.42 bits per heavy atom. The normalized spacial score (nSPS) is 13.5. The molecule has 1 aromatic carbocycles. The zero-order valence-corrected chi connectivity index (χ0v) is 11.2. The van der Waals surface area contributed by atoms with Crippen LogP contribution in [0.4, 0.5) is 14.5 Å². The summed E-state index contributed by atoms with van der Waals surface area (Å²) in [5, 5.41) is 7.68. The molecular weight excluding hydrogens is 252 g/mol. The third-order valence-electron chi connectivity index (χ3n) is 2.32. The van der Waals surface area contributed by atoms with Crippen LogP contribution >= 0.6 is 0 Å². The van der Waals surface area contributed by atoms with Crippen LogP contribution in [0.15, 0.2) is 23.3 Å². The van der Waals surface area contributed by atoms with Crippen LogP contribution in [0.25, 0.3) is 0 Å². The minimum Gasteiger partial charge on any atom is -0.313 e. The molecule has 1 aromatic rings. The van der Waals surface area contributed by atoms with E-state index in [9.17, 15) is 13.6 Å². The summed E-state index contributed by atoms with van der Waals surface area (Å²) in [6.07, 6.45) is 0.452. The van der Waals surface area contributed by atoms with Crippen LogP contribution in [0.2, 0.25) is 0 Å². The number of benzene rings is 1. The lowest BCUT2D eigenvalue weighted by molar-refractivity contribution is -0.117. The van der Waals surface area contributed by atoms with Gasteiger partial charge in [0.25, 0.3) is 0 Å². The first-order valence-corrected chi connectivity index (χ1v) is 6.14. The molecule has 2 rings (SSSR count). The lowest BCUT2D eigenvalue weighted by Crippen LogP contribution is -2.26. The molecule has 1 aliphatic rings. The number of anilines is 1. The van der Waals surface area contributed by atoms with Gasteiger partial charge in [0.1, 0.15) is 11.5 Å². The Bertz CT molecular complexity index is 469. The van der Waals surface area contributed by atoms with Crippen molar-refractivity contribution in [3.05, 3.63) is 29.8 Å². The quantitative estimate of drug-likeness (QED) is 0.851. The number of carbonyl (C=O) groups excluding carboxylic acids is 1. The Hall–Kier alpha value is -1.98. The third-order valence-corrected chi connectivity index (χ3v) is 2.32. The van der Waals surface area contributed by atoms with Crippen LogP contribution in [-0.2, 0) is 4.79 Å². The van der Waals surface area contributed by atoms with Crippen molar-refractivity contribution >= 4 is 17.4 Å². The van der Waals surface area contributed by atoms with E-state index in [4.69, 9.17) is 0 Å². The Morgan fingerprint density at radius 2 is 1.89 bits per heavy atom. The van der Waals surface area contributed by atoms with Gasteiger partial charge in [0.15, 0.2) is 11.6 Å². The predicted molar refractivity (Wildman–Crippen MR) is 70.9 cm³/mol. The second kappa shape index (κ2) is 6.82. The van der Waals surface area contributed by atoms with Crippen molar-refractivity contribution in [3.63, 3.8) is 0 Å². The number of hydrogen-bond donors (Lipinski definition) is 1. The number of halogens is 2. The van der Waals surface area contributed by atoms with Crippen molar-refractivity contribution in [2.24, 2.45) is 5.10 Å². The maximum Gasteiger partial charge on any atom is 0.222 e. The molecule has 19 heavy (non-hydrogen) atoms. The number of para-hydroxylation sites is 1. The van der Waals surface area contributed by atoms with E-state index < -0.39 is 11.6 Å². The molecule has 0 spiro atoms. The molecule has 0 saturated carbocycles. The van der Waals surface area contributed by atoms with Crippen molar-refractivity contribution in [1.82, 2.24) is 5.32 Å². The molecule has 1 amide bonds. The summed E-state index contributed by atoms with van der Waals surface area (Å²) in [5.41, 5.74) is -0.187. The lowest BCUT2D eigenvalue weighted by Gasteiger charge is -2.14. The fourth-order valence-corrected chi connectivity index (χ4v) is 1.65. The highest BCUT2D eigenvalue weighted by Gasteiger charge is 2.22. The molecule has 1 N–H and O–H groups in total. The lowest BCUT2D eigenvalue weighted by atomic mass is 10.3. The molecule has 104 valence electrons. The summed E-state index contributed by atoms with van der Waals surface area (Å²) in [6.45, 7) is 5.70. The highest BCUT2D eigenvalue weighted by Crippen LogP contribution is 2.25. The number of carbonyl (C=O) groups is 1. The monoisotopic (exact) mass is 269 g/mol. The van der Waals surface area contributed by atoms with E-state index in [-0.39, 0.29) is 11.6 Å². The maximum atomic E-state index is 13.5. The zero-order valence-electron chi connectivity index (χ0n) is 11.2. The minimum atomic E-state index is -0.669. The molecule has 1 heterocycles. The molecule has 6 heteroatoms. The molecule has 0 radical (unpaired) electrons. The van der Waals surface area contributed by atoms with E-state index in [0.717, 1.165) is 0 Å². The van der Waals surface area contributed by atoms with Gasteiger partial charge in [-0.25, -0.2) is 8.78 Å². The van der Waals surface area contributed by atoms with E-state index in [1.54, 1.807) is 0 Å². The smallest absolute Gasteiger partial charge is 0.222 e. The average Bonchev–Trinajstić information content (AvgIpc) is 2.79. The zero-order chi connectivity index (χ0) is 14.4. The van der Waals surface area contributed by atoms with Gasteiger partial charge in [-0.2, -0.15) is 5.10 Å². The number of amides is 1. The summed E-state index contributed by atoms with van der Waals surface area (Å²) >= 11 is 0. The van der Waals surface area contributed by atoms with Gasteiger partial charge in [0.2, 0.25) is 5.91 Å². The molecule has 0 fully saturated rings. The van der Waals surface area contributed by atoms with Gasteiger partial charge in [-0.15, -0.1) is 0 Å². The fourth-order valence-electron chi connectivity index (χ4n) is 1.65. The second-order valence-corrected chi connectivity index (χ2v) is 3.67. The van der Waals surface area contributed by atoms with Crippen LogP contribution in [-0.4, -0.2) is 18.3 Å². The molecule has 0 bridgehead atoms. The number of nitrogens with one attached hydrogen (secondary N) is 1. The summed E-state index contributed by atoms with van der Waals surface area (Å²) < 4.78 is 26.9. The summed E-state index contributed by atoms with van der Waals surface area (Å²) in [7, 11) is 0.